The van der Waals surface area contributed by atoms with Gasteiger partial charge < -0.3 is 4.98 Å². The van der Waals surface area contributed by atoms with Crippen LogP contribution >= 0.6 is 38.5 Å². The standard InChI is InChI=1S/C10H10BrN.CH3I/c1-6-4-3-5-8-9(6)10(11)7(2)12-8;1-2/h3-5,12H,1-2H3;1H3. The first-order valence-corrected chi connectivity index (χ1v) is 7.26. The summed E-state index contributed by atoms with van der Waals surface area (Å²) in [5.41, 5.74) is 3.71. The van der Waals surface area contributed by atoms with Crippen molar-refractivity contribution in [2.75, 3.05) is 4.93 Å². The number of hydrogen-bond donors (Lipinski definition) is 1. The number of H-pyrrole nitrogens is 1. The van der Waals surface area contributed by atoms with Crippen LogP contribution in [0.15, 0.2) is 22.7 Å². The fourth-order valence-corrected chi connectivity index (χ4v) is 2.13. The first-order chi connectivity index (χ1) is 6.70. The highest BCUT2D eigenvalue weighted by Gasteiger charge is 2.06. The van der Waals surface area contributed by atoms with Gasteiger partial charge in [-0.1, -0.05) is 34.7 Å². The van der Waals surface area contributed by atoms with Crippen LogP contribution in [0.1, 0.15) is 11.3 Å². The van der Waals surface area contributed by atoms with Gasteiger partial charge in [-0.25, -0.2) is 0 Å². The summed E-state index contributed by atoms with van der Waals surface area (Å²) in [7, 11) is 0. The second-order valence-electron chi connectivity index (χ2n) is 3.06. The van der Waals surface area contributed by atoms with Crippen LogP contribution in [0.3, 0.4) is 0 Å². The van der Waals surface area contributed by atoms with E-state index < -0.39 is 0 Å². The van der Waals surface area contributed by atoms with E-state index in [4.69, 9.17) is 0 Å². The molecule has 2 rings (SSSR count). The molecule has 0 fully saturated rings. The van der Waals surface area contributed by atoms with E-state index in [-0.39, 0.29) is 0 Å². The summed E-state index contributed by atoms with van der Waals surface area (Å²) in [5.74, 6) is 0. The van der Waals surface area contributed by atoms with E-state index in [2.05, 4.69) is 75.6 Å². The van der Waals surface area contributed by atoms with E-state index >= 15 is 0 Å². The van der Waals surface area contributed by atoms with Crippen LogP contribution in [-0.2, 0) is 0 Å². The Morgan fingerprint density at radius 1 is 1.21 bits per heavy atom. The normalized spacial score (nSPS) is 9.79. The zero-order valence-electron chi connectivity index (χ0n) is 8.49. The lowest BCUT2D eigenvalue weighted by molar-refractivity contribution is 1.29. The number of halogens is 2. The number of alkyl halides is 1. The molecular weight excluding hydrogens is 353 g/mol. The SMILES string of the molecule is CI.Cc1[nH]c2cccc(C)c2c1Br. The minimum absolute atomic E-state index is 1.19. The topological polar surface area (TPSA) is 15.8 Å². The molecule has 0 unspecified atom stereocenters. The summed E-state index contributed by atoms with van der Waals surface area (Å²) in [5, 5.41) is 1.30. The molecule has 0 bridgehead atoms. The first-order valence-electron chi connectivity index (χ1n) is 4.31. The number of rotatable bonds is 0. The summed E-state index contributed by atoms with van der Waals surface area (Å²) in [6.45, 7) is 4.20. The molecule has 0 saturated carbocycles. The zero-order chi connectivity index (χ0) is 10.7. The molecule has 0 radical (unpaired) electrons. The molecule has 1 N–H and O–H groups in total. The van der Waals surface area contributed by atoms with Gasteiger partial charge in [0, 0.05) is 21.1 Å². The Bertz CT molecular complexity index is 434. The first kappa shape index (κ1) is 12.0. The minimum Gasteiger partial charge on any atom is -0.358 e. The van der Waals surface area contributed by atoms with Gasteiger partial charge >= 0.3 is 0 Å². The molecule has 0 aliphatic heterocycles. The van der Waals surface area contributed by atoms with Gasteiger partial charge in [0.2, 0.25) is 0 Å². The van der Waals surface area contributed by atoms with Crippen molar-refractivity contribution in [2.45, 2.75) is 13.8 Å². The van der Waals surface area contributed by atoms with Crippen LogP contribution in [0.25, 0.3) is 10.9 Å². The maximum absolute atomic E-state index is 3.57. The molecule has 76 valence electrons. The van der Waals surface area contributed by atoms with Gasteiger partial charge in [0.05, 0.1) is 0 Å². The molecule has 0 amide bonds. The lowest BCUT2D eigenvalue weighted by atomic mass is 10.1. The number of fused-ring (bicyclic) bond motifs is 1. The number of aromatic amines is 1. The lowest BCUT2D eigenvalue weighted by Crippen LogP contribution is -1.72. The van der Waals surface area contributed by atoms with Crippen molar-refractivity contribution >= 4 is 49.4 Å². The van der Waals surface area contributed by atoms with E-state index in [0.717, 1.165) is 0 Å². The third-order valence-electron chi connectivity index (χ3n) is 2.14. The van der Waals surface area contributed by atoms with E-state index in [1.54, 1.807) is 0 Å². The summed E-state index contributed by atoms with van der Waals surface area (Å²) < 4.78 is 1.19. The zero-order valence-corrected chi connectivity index (χ0v) is 12.2. The third kappa shape index (κ3) is 2.14. The van der Waals surface area contributed by atoms with Crippen LogP contribution in [0, 0.1) is 13.8 Å². The number of nitrogens with one attached hydrogen (secondary N) is 1. The smallest absolute Gasteiger partial charge is 0.0470 e. The molecule has 0 atom stereocenters. The molecule has 0 saturated heterocycles. The highest BCUT2D eigenvalue weighted by molar-refractivity contribution is 14.1. The Morgan fingerprint density at radius 2 is 1.86 bits per heavy atom. The monoisotopic (exact) mass is 365 g/mol. The second kappa shape index (κ2) is 5.16. The van der Waals surface area contributed by atoms with E-state index in [0.29, 0.717) is 0 Å². The molecule has 1 aromatic heterocycles. The Hall–Kier alpha value is -0.0300. The highest BCUT2D eigenvalue weighted by atomic mass is 127. The van der Waals surface area contributed by atoms with Crippen molar-refractivity contribution in [1.29, 1.82) is 0 Å². The van der Waals surface area contributed by atoms with Crippen molar-refractivity contribution in [3.05, 3.63) is 33.9 Å². The van der Waals surface area contributed by atoms with Gasteiger partial charge in [0.1, 0.15) is 0 Å². The van der Waals surface area contributed by atoms with Gasteiger partial charge in [0.25, 0.3) is 0 Å². The Labute approximate surface area is 107 Å². The van der Waals surface area contributed by atoms with Gasteiger partial charge in [-0.05, 0) is 46.3 Å². The summed E-state index contributed by atoms with van der Waals surface area (Å²) >= 11 is 5.72. The lowest BCUT2D eigenvalue weighted by Gasteiger charge is -1.94. The Morgan fingerprint density at radius 3 is 2.43 bits per heavy atom. The number of aryl methyl sites for hydroxylation is 2. The molecule has 1 nitrogen and oxygen atoms in total. The largest absolute Gasteiger partial charge is 0.358 e. The number of aromatic nitrogens is 1. The quantitative estimate of drug-likeness (QED) is 0.518. The van der Waals surface area contributed by atoms with Crippen molar-refractivity contribution in [3.8, 4) is 0 Å². The Kier molecular flexibility index (Phi) is 4.44. The van der Waals surface area contributed by atoms with E-state index in [1.807, 2.05) is 4.93 Å². The average molecular weight is 366 g/mol. The fourth-order valence-electron chi connectivity index (χ4n) is 1.51. The predicted molar refractivity (Wildman–Crippen MR) is 75.4 cm³/mol. The average Bonchev–Trinajstić information content (AvgIpc) is 2.47. The van der Waals surface area contributed by atoms with Crippen LogP contribution in [0.4, 0.5) is 0 Å². The molecular formula is C11H13BrIN. The summed E-state index contributed by atoms with van der Waals surface area (Å²) in [6, 6.07) is 6.29. The van der Waals surface area contributed by atoms with Crippen LogP contribution < -0.4 is 0 Å². The van der Waals surface area contributed by atoms with E-state index in [1.165, 1.54) is 26.6 Å². The minimum atomic E-state index is 1.19. The predicted octanol–water partition coefficient (Wildman–Crippen LogP) is 4.60. The van der Waals surface area contributed by atoms with Crippen molar-refractivity contribution in [1.82, 2.24) is 4.98 Å². The van der Waals surface area contributed by atoms with Crippen molar-refractivity contribution in [3.63, 3.8) is 0 Å². The summed E-state index contributed by atoms with van der Waals surface area (Å²) in [6.07, 6.45) is 0. The third-order valence-corrected chi connectivity index (χ3v) is 3.13. The molecule has 0 aliphatic rings. The summed E-state index contributed by atoms with van der Waals surface area (Å²) in [4.78, 5) is 5.29. The van der Waals surface area contributed by atoms with Gasteiger partial charge in [-0.3, -0.25) is 0 Å². The maximum Gasteiger partial charge on any atom is 0.0470 e. The van der Waals surface area contributed by atoms with Crippen LogP contribution in [0.5, 0.6) is 0 Å². The van der Waals surface area contributed by atoms with Crippen LogP contribution in [-0.4, -0.2) is 9.91 Å². The fraction of sp³-hybridized carbons (Fsp3) is 0.273. The molecule has 1 heterocycles. The maximum atomic E-state index is 3.57. The Balaban J connectivity index is 0.000000461. The molecule has 2 aromatic rings. The molecule has 14 heavy (non-hydrogen) atoms. The van der Waals surface area contributed by atoms with Gasteiger partial charge in [-0.2, -0.15) is 0 Å². The molecule has 0 spiro atoms. The second-order valence-corrected chi connectivity index (χ2v) is 3.85. The molecule has 0 aliphatic carbocycles. The van der Waals surface area contributed by atoms with Crippen molar-refractivity contribution in [2.24, 2.45) is 0 Å². The number of benzene rings is 1. The van der Waals surface area contributed by atoms with Crippen molar-refractivity contribution < 1.29 is 0 Å². The van der Waals surface area contributed by atoms with Crippen LogP contribution in [0.2, 0.25) is 0 Å². The van der Waals surface area contributed by atoms with Gasteiger partial charge in [-0.15, -0.1) is 0 Å². The van der Waals surface area contributed by atoms with E-state index in [9.17, 15) is 0 Å². The highest BCUT2D eigenvalue weighted by Crippen LogP contribution is 2.29. The molecule has 1 aromatic carbocycles. The molecule has 3 heteroatoms. The van der Waals surface area contributed by atoms with Gasteiger partial charge in [0.15, 0.2) is 0 Å². The number of hydrogen-bond acceptors (Lipinski definition) is 0.